The predicted molar refractivity (Wildman–Crippen MR) is 119 cm³/mol. The van der Waals surface area contributed by atoms with Crippen molar-refractivity contribution in [3.05, 3.63) is 67.0 Å². The minimum atomic E-state index is -0.365. The fourth-order valence-electron chi connectivity index (χ4n) is 4.41. The van der Waals surface area contributed by atoms with Crippen LogP contribution in [0.15, 0.2) is 61.4 Å². The number of ether oxygens (including phenoxy) is 1. The van der Waals surface area contributed by atoms with Crippen LogP contribution in [0, 0.1) is 5.92 Å². The molecule has 3 heterocycles. The van der Waals surface area contributed by atoms with Gasteiger partial charge in [-0.15, -0.1) is 6.58 Å². The highest BCUT2D eigenvalue weighted by molar-refractivity contribution is 5.84. The highest BCUT2D eigenvalue weighted by atomic mass is 16.5. The number of carbonyl (C=O) groups excluding carboxylic acids is 2. The summed E-state index contributed by atoms with van der Waals surface area (Å²) in [5, 5.41) is 0. The summed E-state index contributed by atoms with van der Waals surface area (Å²) in [7, 11) is 0. The number of pyridine rings is 1. The Hall–Kier alpha value is -2.99. The molecule has 0 N–H and O–H groups in total. The number of nitrogens with zero attached hydrogens (tertiary/aromatic N) is 3. The normalized spacial score (nSPS) is 21.7. The van der Waals surface area contributed by atoms with Crippen LogP contribution in [0.3, 0.4) is 0 Å². The van der Waals surface area contributed by atoms with Gasteiger partial charge >= 0.3 is 0 Å². The summed E-state index contributed by atoms with van der Waals surface area (Å²) < 4.78 is 5.62. The monoisotopic (exact) mass is 419 g/mol. The van der Waals surface area contributed by atoms with Gasteiger partial charge in [-0.2, -0.15) is 0 Å². The lowest BCUT2D eigenvalue weighted by Gasteiger charge is -2.25. The molecular formula is C25H29N3O3. The van der Waals surface area contributed by atoms with Crippen LogP contribution in [-0.2, 0) is 20.7 Å². The first kappa shape index (κ1) is 21.2. The van der Waals surface area contributed by atoms with E-state index in [1.165, 1.54) is 0 Å². The minimum Gasteiger partial charge on any atom is -0.368 e. The summed E-state index contributed by atoms with van der Waals surface area (Å²) in [4.78, 5) is 34.1. The van der Waals surface area contributed by atoms with Crippen molar-refractivity contribution in [3.8, 4) is 11.1 Å². The lowest BCUT2D eigenvalue weighted by molar-refractivity contribution is -0.141. The first-order valence-corrected chi connectivity index (χ1v) is 10.9. The summed E-state index contributed by atoms with van der Waals surface area (Å²) >= 11 is 0. The van der Waals surface area contributed by atoms with Crippen molar-refractivity contribution in [1.29, 1.82) is 0 Å². The van der Waals surface area contributed by atoms with Gasteiger partial charge < -0.3 is 14.5 Å². The third-order valence-electron chi connectivity index (χ3n) is 6.01. The van der Waals surface area contributed by atoms with Gasteiger partial charge in [-0.1, -0.05) is 36.4 Å². The Morgan fingerprint density at radius 3 is 2.84 bits per heavy atom. The van der Waals surface area contributed by atoms with Crippen molar-refractivity contribution in [1.82, 2.24) is 14.8 Å². The number of hydrogen-bond acceptors (Lipinski definition) is 4. The highest BCUT2D eigenvalue weighted by Gasteiger charge is 2.35. The van der Waals surface area contributed by atoms with Crippen molar-refractivity contribution in [2.45, 2.75) is 25.4 Å². The van der Waals surface area contributed by atoms with E-state index in [0.717, 1.165) is 29.5 Å². The Kier molecular flexibility index (Phi) is 6.77. The van der Waals surface area contributed by atoms with Gasteiger partial charge in [-0.25, -0.2) is 0 Å². The van der Waals surface area contributed by atoms with Gasteiger partial charge in [0, 0.05) is 45.2 Å². The SMILES string of the molecule is C=CCN1CCN(C(=O)[C@H]2CCCO2)C[C@@H](Cc2cccc(-c3cccnc3)c2)C1=O. The Bertz CT molecular complexity index is 925. The van der Waals surface area contributed by atoms with Gasteiger partial charge in [0.2, 0.25) is 5.91 Å². The maximum atomic E-state index is 13.3. The Morgan fingerprint density at radius 2 is 2.10 bits per heavy atom. The number of carbonyl (C=O) groups is 2. The van der Waals surface area contributed by atoms with Gasteiger partial charge in [0.05, 0.1) is 5.92 Å². The zero-order valence-corrected chi connectivity index (χ0v) is 17.8. The van der Waals surface area contributed by atoms with Crippen LogP contribution in [0.1, 0.15) is 18.4 Å². The maximum absolute atomic E-state index is 13.3. The first-order chi connectivity index (χ1) is 15.2. The highest BCUT2D eigenvalue weighted by Crippen LogP contribution is 2.24. The van der Waals surface area contributed by atoms with E-state index >= 15 is 0 Å². The molecule has 2 saturated heterocycles. The minimum absolute atomic E-state index is 0.0138. The number of aromatic nitrogens is 1. The molecule has 31 heavy (non-hydrogen) atoms. The van der Waals surface area contributed by atoms with Crippen LogP contribution in [0.4, 0.5) is 0 Å². The zero-order chi connectivity index (χ0) is 21.6. The molecule has 1 aromatic carbocycles. The Morgan fingerprint density at radius 1 is 1.23 bits per heavy atom. The van der Waals surface area contributed by atoms with Crippen LogP contribution in [0.25, 0.3) is 11.1 Å². The van der Waals surface area contributed by atoms with Gasteiger partial charge in [-0.3, -0.25) is 14.6 Å². The molecule has 6 nitrogen and oxygen atoms in total. The molecule has 0 aliphatic carbocycles. The molecule has 2 amide bonds. The van der Waals surface area contributed by atoms with Gasteiger partial charge in [0.25, 0.3) is 5.91 Å². The molecule has 1 aromatic heterocycles. The second-order valence-electron chi connectivity index (χ2n) is 8.20. The molecule has 0 spiro atoms. The molecule has 2 aliphatic heterocycles. The van der Waals surface area contributed by atoms with Crippen LogP contribution >= 0.6 is 0 Å². The standard InChI is InChI=1S/C25H29N3O3/c1-2-11-27-12-13-28(25(30)23-9-5-14-31-23)18-22(24(27)29)16-19-6-3-7-20(15-19)21-8-4-10-26-17-21/h2-4,6-8,10,15,17,22-23H,1,5,9,11-14,16,18H2/t22-,23-/m1/s1. The first-order valence-electron chi connectivity index (χ1n) is 10.9. The fourth-order valence-corrected chi connectivity index (χ4v) is 4.41. The summed E-state index contributed by atoms with van der Waals surface area (Å²) in [6.45, 7) is 6.39. The van der Waals surface area contributed by atoms with Crippen molar-refractivity contribution in [3.63, 3.8) is 0 Å². The van der Waals surface area contributed by atoms with E-state index in [4.69, 9.17) is 4.74 Å². The van der Waals surface area contributed by atoms with Crippen LogP contribution < -0.4 is 0 Å². The molecule has 0 saturated carbocycles. The number of amides is 2. The van der Waals surface area contributed by atoms with Gasteiger partial charge in [-0.05, 0) is 42.0 Å². The molecule has 2 atom stereocenters. The van der Waals surface area contributed by atoms with E-state index in [1.54, 1.807) is 12.3 Å². The van der Waals surface area contributed by atoms with E-state index in [1.807, 2.05) is 46.3 Å². The van der Waals surface area contributed by atoms with E-state index in [9.17, 15) is 9.59 Å². The quantitative estimate of drug-likeness (QED) is 0.676. The van der Waals surface area contributed by atoms with Crippen LogP contribution in [0.2, 0.25) is 0 Å². The lowest BCUT2D eigenvalue weighted by Crippen LogP contribution is -2.42. The van der Waals surface area contributed by atoms with Crippen LogP contribution in [0.5, 0.6) is 0 Å². The average molecular weight is 420 g/mol. The molecular weight excluding hydrogens is 390 g/mol. The third-order valence-corrected chi connectivity index (χ3v) is 6.01. The average Bonchev–Trinajstić information content (AvgIpc) is 3.30. The second-order valence-corrected chi connectivity index (χ2v) is 8.20. The third kappa shape index (κ3) is 5.02. The van der Waals surface area contributed by atoms with Gasteiger partial charge in [0.1, 0.15) is 6.10 Å². The fraction of sp³-hybridized carbons (Fsp3) is 0.400. The molecule has 162 valence electrons. The molecule has 4 rings (SSSR count). The molecule has 2 fully saturated rings. The number of hydrogen-bond donors (Lipinski definition) is 0. The molecule has 0 unspecified atom stereocenters. The molecule has 2 aromatic rings. The van der Waals surface area contributed by atoms with E-state index in [0.29, 0.717) is 39.2 Å². The van der Waals surface area contributed by atoms with Crippen molar-refractivity contribution >= 4 is 11.8 Å². The lowest BCUT2D eigenvalue weighted by atomic mass is 9.95. The second kappa shape index (κ2) is 9.88. The summed E-state index contributed by atoms with van der Waals surface area (Å²) in [6.07, 6.45) is 7.23. The topological polar surface area (TPSA) is 62.7 Å². The number of rotatable bonds is 6. The van der Waals surface area contributed by atoms with Crippen LogP contribution in [-0.4, -0.2) is 65.5 Å². The summed E-state index contributed by atoms with van der Waals surface area (Å²) in [5.74, 6) is -0.203. The Labute approximate surface area is 183 Å². The van der Waals surface area contributed by atoms with Gasteiger partial charge in [0.15, 0.2) is 0 Å². The van der Waals surface area contributed by atoms with E-state index in [-0.39, 0.29) is 23.8 Å². The molecule has 0 bridgehead atoms. The van der Waals surface area contributed by atoms with Crippen molar-refractivity contribution < 1.29 is 14.3 Å². The Balaban J connectivity index is 1.55. The smallest absolute Gasteiger partial charge is 0.251 e. The number of benzene rings is 1. The largest absolute Gasteiger partial charge is 0.368 e. The molecule has 6 heteroatoms. The maximum Gasteiger partial charge on any atom is 0.251 e. The van der Waals surface area contributed by atoms with E-state index < -0.39 is 0 Å². The molecule has 2 aliphatic rings. The predicted octanol–water partition coefficient (Wildman–Crippen LogP) is 2.94. The summed E-state index contributed by atoms with van der Waals surface area (Å²) in [5.41, 5.74) is 3.19. The van der Waals surface area contributed by atoms with Crippen molar-refractivity contribution in [2.75, 3.05) is 32.8 Å². The summed E-state index contributed by atoms with van der Waals surface area (Å²) in [6, 6.07) is 12.2. The van der Waals surface area contributed by atoms with Crippen molar-refractivity contribution in [2.24, 2.45) is 5.92 Å². The molecule has 0 radical (unpaired) electrons. The zero-order valence-electron chi connectivity index (χ0n) is 17.8. The van der Waals surface area contributed by atoms with E-state index in [2.05, 4.69) is 17.6 Å².